The van der Waals surface area contributed by atoms with Crippen LogP contribution in [-0.4, -0.2) is 67.4 Å². The van der Waals surface area contributed by atoms with E-state index in [2.05, 4.69) is 4.90 Å². The molecule has 0 spiro atoms. The van der Waals surface area contributed by atoms with Crippen LogP contribution in [0.25, 0.3) is 0 Å². The largest absolute Gasteiger partial charge is 0.497 e. The van der Waals surface area contributed by atoms with Crippen molar-refractivity contribution in [2.45, 2.75) is 25.3 Å². The van der Waals surface area contributed by atoms with Crippen molar-refractivity contribution in [3.05, 3.63) is 53.6 Å². The molecule has 0 aromatic heterocycles. The van der Waals surface area contributed by atoms with Gasteiger partial charge in [0.25, 0.3) is 0 Å². The van der Waals surface area contributed by atoms with Gasteiger partial charge in [0.05, 0.1) is 13.0 Å². The Labute approximate surface area is 193 Å². The number of methoxy groups -OCH3 is 1. The van der Waals surface area contributed by atoms with E-state index in [1.807, 2.05) is 49.4 Å². The van der Waals surface area contributed by atoms with Crippen LogP contribution in [-0.2, 0) is 9.59 Å². The van der Waals surface area contributed by atoms with Crippen molar-refractivity contribution < 1.29 is 28.9 Å². The quantitative estimate of drug-likeness (QED) is 0.656. The number of carboxylic acids is 1. The van der Waals surface area contributed by atoms with Crippen LogP contribution in [0, 0.1) is 5.92 Å². The molecule has 176 valence electrons. The number of carbonyl (C=O) groups is 2. The monoisotopic (exact) mass is 454 g/mol. The molecule has 4 rings (SSSR count). The number of hydrogen-bond donors (Lipinski definition) is 1. The molecule has 0 aliphatic carbocycles. The molecule has 0 bridgehead atoms. The zero-order chi connectivity index (χ0) is 23.5. The number of hydrogen-bond acceptors (Lipinski definition) is 6. The lowest BCUT2D eigenvalue weighted by atomic mass is 9.82. The average molecular weight is 455 g/mol. The Bertz CT molecular complexity index is 1010. The Morgan fingerprint density at radius 3 is 2.48 bits per heavy atom. The number of likely N-dealkylation sites (N-methyl/N-ethyl adjacent to an activating group) is 1. The highest BCUT2D eigenvalue weighted by atomic mass is 16.7. The minimum atomic E-state index is -0.848. The number of carboxylic acid groups (broad SMARTS) is 1. The second-order valence-electron chi connectivity index (χ2n) is 8.46. The van der Waals surface area contributed by atoms with Gasteiger partial charge >= 0.3 is 5.97 Å². The molecule has 1 N–H and O–H groups in total. The lowest BCUT2D eigenvalue weighted by molar-refractivity contribution is -0.143. The van der Waals surface area contributed by atoms with Gasteiger partial charge in [0.15, 0.2) is 11.5 Å². The fraction of sp³-hybridized carbons (Fsp3) is 0.440. The summed E-state index contributed by atoms with van der Waals surface area (Å²) in [5, 5.41) is 10.3. The summed E-state index contributed by atoms with van der Waals surface area (Å²) in [4.78, 5) is 28.6. The standard InChI is InChI=1S/C25H30N2O6/c1-4-22(28)26(2)11-12-27-14-19(17-7-10-20-21(13-17)33-15-32-20)23(25(29)30)24(27)16-5-8-18(31-3)9-6-16/h5-10,13,19,23-24H,4,11-12,14-15H2,1-3H3,(H,29,30)/t19-,23+,24-/m1/s1. The number of ether oxygens (including phenoxy) is 3. The average Bonchev–Trinajstić information content (AvgIpc) is 3.46. The normalized spacial score (nSPS) is 21.7. The van der Waals surface area contributed by atoms with E-state index in [0.29, 0.717) is 37.6 Å². The first kappa shape index (κ1) is 22.9. The van der Waals surface area contributed by atoms with Crippen LogP contribution in [0.5, 0.6) is 17.2 Å². The summed E-state index contributed by atoms with van der Waals surface area (Å²) in [6, 6.07) is 12.9. The number of rotatable bonds is 8. The van der Waals surface area contributed by atoms with E-state index >= 15 is 0 Å². The Morgan fingerprint density at radius 2 is 1.82 bits per heavy atom. The molecule has 0 saturated carbocycles. The van der Waals surface area contributed by atoms with E-state index < -0.39 is 11.9 Å². The SMILES string of the molecule is CCC(=O)N(C)CCN1C[C@H](c2ccc3c(c2)OCO3)[C@H](C(=O)O)[C@H]1c1ccc(OC)cc1. The minimum absolute atomic E-state index is 0.0669. The fourth-order valence-corrected chi connectivity index (χ4v) is 4.81. The molecule has 8 heteroatoms. The number of carbonyl (C=O) groups excluding carboxylic acids is 1. The zero-order valence-corrected chi connectivity index (χ0v) is 19.2. The summed E-state index contributed by atoms with van der Waals surface area (Å²) in [6.45, 7) is 3.67. The lowest BCUT2D eigenvalue weighted by Crippen LogP contribution is -2.37. The summed E-state index contributed by atoms with van der Waals surface area (Å²) in [5.74, 6) is 0.352. The topological polar surface area (TPSA) is 88.5 Å². The van der Waals surface area contributed by atoms with Gasteiger partial charge in [0, 0.05) is 45.1 Å². The van der Waals surface area contributed by atoms with Gasteiger partial charge in [-0.25, -0.2) is 0 Å². The van der Waals surface area contributed by atoms with Crippen LogP contribution in [0.3, 0.4) is 0 Å². The molecule has 33 heavy (non-hydrogen) atoms. The molecule has 0 unspecified atom stereocenters. The Balaban J connectivity index is 1.67. The summed E-state index contributed by atoms with van der Waals surface area (Å²) in [6.07, 6.45) is 0.440. The number of nitrogens with zero attached hydrogens (tertiary/aromatic N) is 2. The molecule has 2 aromatic rings. The van der Waals surface area contributed by atoms with Crippen LogP contribution < -0.4 is 14.2 Å². The molecule has 1 saturated heterocycles. The molecular formula is C25H30N2O6. The Morgan fingerprint density at radius 1 is 1.12 bits per heavy atom. The van der Waals surface area contributed by atoms with Crippen molar-refractivity contribution in [2.24, 2.45) is 5.92 Å². The number of aliphatic carboxylic acids is 1. The molecule has 2 heterocycles. The second-order valence-corrected chi connectivity index (χ2v) is 8.46. The van der Waals surface area contributed by atoms with Crippen molar-refractivity contribution in [1.29, 1.82) is 0 Å². The molecule has 1 fully saturated rings. The summed E-state index contributed by atoms with van der Waals surface area (Å²) >= 11 is 0. The third-order valence-electron chi connectivity index (χ3n) is 6.62. The van der Waals surface area contributed by atoms with E-state index in [-0.39, 0.29) is 24.7 Å². The maximum absolute atomic E-state index is 12.6. The third-order valence-corrected chi connectivity index (χ3v) is 6.62. The highest BCUT2D eigenvalue weighted by molar-refractivity contribution is 5.75. The van der Waals surface area contributed by atoms with Crippen molar-refractivity contribution in [3.63, 3.8) is 0 Å². The van der Waals surface area contributed by atoms with Gasteiger partial charge in [0.1, 0.15) is 5.75 Å². The van der Waals surface area contributed by atoms with Gasteiger partial charge < -0.3 is 24.2 Å². The molecule has 0 radical (unpaired) electrons. The van der Waals surface area contributed by atoms with Crippen molar-refractivity contribution in [2.75, 3.05) is 40.6 Å². The fourth-order valence-electron chi connectivity index (χ4n) is 4.81. The first-order valence-corrected chi connectivity index (χ1v) is 11.2. The van der Waals surface area contributed by atoms with E-state index in [9.17, 15) is 14.7 Å². The van der Waals surface area contributed by atoms with E-state index in [1.165, 1.54) is 0 Å². The Kier molecular flexibility index (Phi) is 6.74. The van der Waals surface area contributed by atoms with Crippen LogP contribution in [0.1, 0.15) is 36.4 Å². The molecule has 2 aliphatic heterocycles. The summed E-state index contributed by atoms with van der Waals surface area (Å²) < 4.78 is 16.2. The maximum atomic E-state index is 12.6. The first-order valence-electron chi connectivity index (χ1n) is 11.2. The first-order chi connectivity index (χ1) is 15.9. The minimum Gasteiger partial charge on any atom is -0.497 e. The molecule has 3 atom stereocenters. The van der Waals surface area contributed by atoms with Gasteiger partial charge in [-0.3, -0.25) is 14.5 Å². The summed E-state index contributed by atoms with van der Waals surface area (Å²) in [7, 11) is 3.39. The molecule has 2 aromatic carbocycles. The number of amides is 1. The number of fused-ring (bicyclic) bond motifs is 1. The highest BCUT2D eigenvalue weighted by Gasteiger charge is 2.47. The molecular weight excluding hydrogens is 424 g/mol. The van der Waals surface area contributed by atoms with E-state index in [0.717, 1.165) is 16.9 Å². The van der Waals surface area contributed by atoms with Crippen LogP contribution in [0.4, 0.5) is 0 Å². The maximum Gasteiger partial charge on any atom is 0.309 e. The van der Waals surface area contributed by atoms with Gasteiger partial charge in [0.2, 0.25) is 12.7 Å². The molecule has 1 amide bonds. The third kappa shape index (κ3) is 4.61. The van der Waals surface area contributed by atoms with E-state index in [1.54, 1.807) is 19.1 Å². The van der Waals surface area contributed by atoms with Crippen LogP contribution in [0.2, 0.25) is 0 Å². The van der Waals surface area contributed by atoms with Crippen molar-refractivity contribution in [1.82, 2.24) is 9.80 Å². The Hall–Kier alpha value is -3.26. The van der Waals surface area contributed by atoms with E-state index in [4.69, 9.17) is 14.2 Å². The van der Waals surface area contributed by atoms with Gasteiger partial charge in [-0.2, -0.15) is 0 Å². The van der Waals surface area contributed by atoms with Gasteiger partial charge in [-0.15, -0.1) is 0 Å². The number of benzene rings is 2. The van der Waals surface area contributed by atoms with Gasteiger partial charge in [-0.1, -0.05) is 25.1 Å². The lowest BCUT2D eigenvalue weighted by Gasteiger charge is -2.29. The smallest absolute Gasteiger partial charge is 0.309 e. The summed E-state index contributed by atoms with van der Waals surface area (Å²) in [5.41, 5.74) is 1.82. The van der Waals surface area contributed by atoms with Crippen LogP contribution >= 0.6 is 0 Å². The molecule has 8 nitrogen and oxygen atoms in total. The van der Waals surface area contributed by atoms with Crippen molar-refractivity contribution in [3.8, 4) is 17.2 Å². The predicted octanol–water partition coefficient (Wildman–Crippen LogP) is 3.13. The van der Waals surface area contributed by atoms with Crippen LogP contribution in [0.15, 0.2) is 42.5 Å². The molecule has 2 aliphatic rings. The second kappa shape index (κ2) is 9.70. The highest BCUT2D eigenvalue weighted by Crippen LogP contribution is 2.47. The number of likely N-dealkylation sites (tertiary alicyclic amines) is 1. The predicted molar refractivity (Wildman–Crippen MR) is 122 cm³/mol. The van der Waals surface area contributed by atoms with Gasteiger partial charge in [-0.05, 0) is 35.4 Å². The van der Waals surface area contributed by atoms with Crippen molar-refractivity contribution >= 4 is 11.9 Å². The zero-order valence-electron chi connectivity index (χ0n) is 19.2.